The lowest BCUT2D eigenvalue weighted by Gasteiger charge is -2.20. The molecule has 1 aliphatic rings. The molecule has 2 aromatic rings. The average Bonchev–Trinajstić information content (AvgIpc) is 3.04. The number of hydrogen-bond donors (Lipinski definition) is 1. The van der Waals surface area contributed by atoms with E-state index in [0.717, 1.165) is 47.7 Å². The van der Waals surface area contributed by atoms with Crippen molar-refractivity contribution in [3.63, 3.8) is 0 Å². The standard InChI is InChI=1S/C17H20N2O2S/c1-21-14-9-7-12(8-10-14)15-11-16(22-19-15)18-17(20)13-5-3-2-4-6-13/h7-11,13H,2-6H2,1H3,(H,18,20). The molecular weight excluding hydrogens is 296 g/mol. The van der Waals surface area contributed by atoms with Crippen molar-refractivity contribution in [2.45, 2.75) is 32.1 Å². The topological polar surface area (TPSA) is 51.2 Å². The molecule has 0 bridgehead atoms. The molecule has 0 spiro atoms. The second-order valence-corrected chi connectivity index (χ2v) is 6.43. The quantitative estimate of drug-likeness (QED) is 0.913. The SMILES string of the molecule is COc1ccc(-c2cc(NC(=O)C3CCCCC3)sn2)cc1. The van der Waals surface area contributed by atoms with Crippen molar-refractivity contribution in [2.24, 2.45) is 5.92 Å². The summed E-state index contributed by atoms with van der Waals surface area (Å²) in [7, 11) is 1.65. The summed E-state index contributed by atoms with van der Waals surface area (Å²) >= 11 is 1.33. The lowest BCUT2D eigenvalue weighted by Crippen LogP contribution is -2.24. The molecular formula is C17H20N2O2S. The zero-order valence-corrected chi connectivity index (χ0v) is 13.5. The molecule has 0 saturated heterocycles. The van der Waals surface area contributed by atoms with Crippen LogP contribution in [-0.2, 0) is 4.79 Å². The summed E-state index contributed by atoms with van der Waals surface area (Å²) in [4.78, 5) is 12.2. The number of rotatable bonds is 4. The molecule has 0 radical (unpaired) electrons. The molecule has 1 aromatic heterocycles. The summed E-state index contributed by atoms with van der Waals surface area (Å²) in [5, 5.41) is 3.84. The van der Waals surface area contributed by atoms with Crippen LogP contribution in [0.5, 0.6) is 5.75 Å². The smallest absolute Gasteiger partial charge is 0.228 e. The lowest BCUT2D eigenvalue weighted by molar-refractivity contribution is -0.120. The Morgan fingerprint density at radius 1 is 1.23 bits per heavy atom. The van der Waals surface area contributed by atoms with Crippen LogP contribution < -0.4 is 10.1 Å². The number of nitrogens with one attached hydrogen (secondary N) is 1. The molecule has 5 heteroatoms. The number of carbonyl (C=O) groups excluding carboxylic acids is 1. The Morgan fingerprint density at radius 3 is 2.64 bits per heavy atom. The maximum Gasteiger partial charge on any atom is 0.228 e. The minimum atomic E-state index is 0.143. The van der Waals surface area contributed by atoms with E-state index in [1.165, 1.54) is 18.0 Å². The van der Waals surface area contributed by atoms with Crippen LogP contribution in [0.15, 0.2) is 30.3 Å². The summed E-state index contributed by atoms with van der Waals surface area (Å²) in [6, 6.07) is 9.71. The molecule has 22 heavy (non-hydrogen) atoms. The van der Waals surface area contributed by atoms with Crippen LogP contribution >= 0.6 is 11.5 Å². The van der Waals surface area contributed by atoms with E-state index in [4.69, 9.17) is 4.74 Å². The number of nitrogens with zero attached hydrogens (tertiary/aromatic N) is 1. The fraction of sp³-hybridized carbons (Fsp3) is 0.412. The van der Waals surface area contributed by atoms with Crippen molar-refractivity contribution in [2.75, 3.05) is 12.4 Å². The first-order valence-electron chi connectivity index (χ1n) is 7.68. The molecule has 1 fully saturated rings. The van der Waals surface area contributed by atoms with Gasteiger partial charge >= 0.3 is 0 Å². The largest absolute Gasteiger partial charge is 0.497 e. The highest BCUT2D eigenvalue weighted by Crippen LogP contribution is 2.29. The summed E-state index contributed by atoms with van der Waals surface area (Å²) in [5.41, 5.74) is 1.90. The number of aromatic nitrogens is 1. The van der Waals surface area contributed by atoms with E-state index >= 15 is 0 Å². The zero-order chi connectivity index (χ0) is 15.4. The molecule has 0 unspecified atom stereocenters. The number of carbonyl (C=O) groups is 1. The van der Waals surface area contributed by atoms with Crippen LogP contribution in [0.1, 0.15) is 32.1 Å². The van der Waals surface area contributed by atoms with Crippen LogP contribution in [0.3, 0.4) is 0 Å². The minimum Gasteiger partial charge on any atom is -0.497 e. The Bertz CT molecular complexity index is 630. The predicted octanol–water partition coefficient (Wildman–Crippen LogP) is 4.34. The molecule has 3 rings (SSSR count). The van der Waals surface area contributed by atoms with Gasteiger partial charge in [-0.2, -0.15) is 4.37 Å². The van der Waals surface area contributed by atoms with Gasteiger partial charge in [-0.15, -0.1) is 0 Å². The van der Waals surface area contributed by atoms with Gasteiger partial charge in [0.05, 0.1) is 12.8 Å². The number of amides is 1. The molecule has 1 aromatic carbocycles. The second kappa shape index (κ2) is 6.92. The summed E-state index contributed by atoms with van der Waals surface area (Å²) in [5.74, 6) is 1.13. The molecule has 1 saturated carbocycles. The fourth-order valence-corrected chi connectivity index (χ4v) is 3.49. The molecule has 116 valence electrons. The van der Waals surface area contributed by atoms with Gasteiger partial charge in [-0.05, 0) is 48.6 Å². The first-order chi connectivity index (χ1) is 10.8. The summed E-state index contributed by atoms with van der Waals surface area (Å²) in [6.07, 6.45) is 5.60. The van der Waals surface area contributed by atoms with Crippen LogP contribution in [0.25, 0.3) is 11.3 Å². The number of anilines is 1. The Balaban J connectivity index is 1.66. The summed E-state index contributed by atoms with van der Waals surface area (Å²) in [6.45, 7) is 0. The summed E-state index contributed by atoms with van der Waals surface area (Å²) < 4.78 is 9.58. The lowest BCUT2D eigenvalue weighted by atomic mass is 9.89. The van der Waals surface area contributed by atoms with E-state index in [9.17, 15) is 4.79 Å². The maximum absolute atomic E-state index is 12.2. The number of hydrogen-bond acceptors (Lipinski definition) is 4. The van der Waals surface area contributed by atoms with Gasteiger partial charge in [-0.1, -0.05) is 19.3 Å². The van der Waals surface area contributed by atoms with E-state index < -0.39 is 0 Å². The van der Waals surface area contributed by atoms with Crippen molar-refractivity contribution in [3.8, 4) is 17.0 Å². The third kappa shape index (κ3) is 3.47. The van der Waals surface area contributed by atoms with E-state index in [2.05, 4.69) is 9.69 Å². The Hall–Kier alpha value is -1.88. The van der Waals surface area contributed by atoms with Gasteiger partial charge in [0.15, 0.2) is 0 Å². The second-order valence-electron chi connectivity index (χ2n) is 5.63. The highest BCUT2D eigenvalue weighted by Gasteiger charge is 2.21. The van der Waals surface area contributed by atoms with Crippen molar-refractivity contribution in [1.82, 2.24) is 4.37 Å². The van der Waals surface area contributed by atoms with Crippen molar-refractivity contribution in [3.05, 3.63) is 30.3 Å². The van der Waals surface area contributed by atoms with Crippen molar-refractivity contribution in [1.29, 1.82) is 0 Å². The van der Waals surface area contributed by atoms with Crippen LogP contribution in [0.4, 0.5) is 5.00 Å². The van der Waals surface area contributed by atoms with Gasteiger partial charge in [0.25, 0.3) is 0 Å². The first-order valence-corrected chi connectivity index (χ1v) is 8.45. The normalized spacial score (nSPS) is 15.5. The van der Waals surface area contributed by atoms with E-state index in [1.807, 2.05) is 30.3 Å². The highest BCUT2D eigenvalue weighted by molar-refractivity contribution is 7.10. The van der Waals surface area contributed by atoms with Gasteiger partial charge in [0, 0.05) is 17.5 Å². The first kappa shape index (κ1) is 15.0. The number of methoxy groups -OCH3 is 1. The monoisotopic (exact) mass is 316 g/mol. The van der Waals surface area contributed by atoms with Gasteiger partial charge in [-0.3, -0.25) is 4.79 Å². The van der Waals surface area contributed by atoms with E-state index in [1.54, 1.807) is 7.11 Å². The molecule has 0 atom stereocenters. The highest BCUT2D eigenvalue weighted by atomic mass is 32.1. The number of benzene rings is 1. The molecule has 1 heterocycles. The van der Waals surface area contributed by atoms with Gasteiger partial charge in [0.2, 0.25) is 5.91 Å². The average molecular weight is 316 g/mol. The van der Waals surface area contributed by atoms with Crippen LogP contribution in [0, 0.1) is 5.92 Å². The Kier molecular flexibility index (Phi) is 4.73. The molecule has 4 nitrogen and oxygen atoms in total. The van der Waals surface area contributed by atoms with E-state index in [0.29, 0.717) is 0 Å². The van der Waals surface area contributed by atoms with Gasteiger partial charge in [0.1, 0.15) is 10.8 Å². The van der Waals surface area contributed by atoms with Crippen LogP contribution in [-0.4, -0.2) is 17.4 Å². The minimum absolute atomic E-state index is 0.143. The Labute approximate surface area is 134 Å². The maximum atomic E-state index is 12.2. The third-order valence-electron chi connectivity index (χ3n) is 4.12. The molecule has 1 aliphatic carbocycles. The predicted molar refractivity (Wildman–Crippen MR) is 89.3 cm³/mol. The van der Waals surface area contributed by atoms with Crippen molar-refractivity contribution >= 4 is 22.4 Å². The van der Waals surface area contributed by atoms with E-state index in [-0.39, 0.29) is 11.8 Å². The third-order valence-corrected chi connectivity index (χ3v) is 4.82. The number of ether oxygens (including phenoxy) is 1. The molecule has 1 N–H and O–H groups in total. The molecule has 1 amide bonds. The fourth-order valence-electron chi connectivity index (χ4n) is 2.82. The molecule has 0 aliphatic heterocycles. The van der Waals surface area contributed by atoms with Crippen LogP contribution in [0.2, 0.25) is 0 Å². The van der Waals surface area contributed by atoms with Crippen molar-refractivity contribution < 1.29 is 9.53 Å². The Morgan fingerprint density at radius 2 is 1.95 bits per heavy atom. The van der Waals surface area contributed by atoms with Gasteiger partial charge in [-0.25, -0.2) is 0 Å². The zero-order valence-electron chi connectivity index (χ0n) is 12.7. The van der Waals surface area contributed by atoms with Gasteiger partial charge < -0.3 is 10.1 Å².